The number of furan rings is 1. The van der Waals surface area contributed by atoms with Crippen LogP contribution in [0.2, 0.25) is 0 Å². The van der Waals surface area contributed by atoms with E-state index in [1.807, 2.05) is 18.2 Å². The molecule has 1 heterocycles. The number of hydrogen-bond acceptors (Lipinski definition) is 1. The van der Waals surface area contributed by atoms with Gasteiger partial charge in [0.05, 0.1) is 0 Å². The van der Waals surface area contributed by atoms with Gasteiger partial charge in [-0.05, 0) is 40.1 Å². The molecule has 5 aromatic rings. The molecular formula is C25H18O. The van der Waals surface area contributed by atoms with Crippen LogP contribution >= 0.6 is 0 Å². The third-order valence-electron chi connectivity index (χ3n) is 5.13. The largest absolute Gasteiger partial charge is 0.456 e. The van der Waals surface area contributed by atoms with E-state index >= 15 is 0 Å². The Morgan fingerprint density at radius 3 is 2.23 bits per heavy atom. The first-order chi connectivity index (χ1) is 12.8. The molecule has 1 unspecified atom stereocenters. The lowest BCUT2D eigenvalue weighted by atomic mass is 9.89. The summed E-state index contributed by atoms with van der Waals surface area (Å²) < 4.78 is 5.96. The van der Waals surface area contributed by atoms with Crippen molar-refractivity contribution in [1.29, 1.82) is 0 Å². The van der Waals surface area contributed by atoms with Crippen LogP contribution in [0.1, 0.15) is 17.0 Å². The lowest BCUT2D eigenvalue weighted by Crippen LogP contribution is -1.97. The number of fused-ring (bicyclic) bond motifs is 4. The lowest BCUT2D eigenvalue weighted by Gasteiger charge is -2.14. The minimum atomic E-state index is 0.151. The highest BCUT2D eigenvalue weighted by molar-refractivity contribution is 6.05. The van der Waals surface area contributed by atoms with E-state index in [4.69, 9.17) is 4.42 Å². The Morgan fingerprint density at radius 1 is 0.654 bits per heavy atom. The summed E-state index contributed by atoms with van der Waals surface area (Å²) >= 11 is 0. The number of para-hydroxylation sites is 1. The Kier molecular flexibility index (Phi) is 3.39. The maximum atomic E-state index is 5.96. The van der Waals surface area contributed by atoms with E-state index in [1.54, 1.807) is 0 Å². The topological polar surface area (TPSA) is 13.1 Å². The highest BCUT2D eigenvalue weighted by Crippen LogP contribution is 2.34. The summed E-state index contributed by atoms with van der Waals surface area (Å²) in [5.41, 5.74) is 4.34. The summed E-state index contributed by atoms with van der Waals surface area (Å²) in [7, 11) is 0. The maximum Gasteiger partial charge on any atom is 0.135 e. The van der Waals surface area contributed by atoms with E-state index in [2.05, 4.69) is 79.4 Å². The van der Waals surface area contributed by atoms with Crippen molar-refractivity contribution >= 4 is 32.7 Å². The van der Waals surface area contributed by atoms with Crippen molar-refractivity contribution in [3.8, 4) is 0 Å². The predicted octanol–water partition coefficient (Wildman–Crippen LogP) is 7.06. The van der Waals surface area contributed by atoms with Crippen LogP contribution in [0.15, 0.2) is 102 Å². The fourth-order valence-corrected chi connectivity index (χ4v) is 3.80. The number of allylic oxidation sites excluding steroid dienone is 1. The molecule has 0 aliphatic heterocycles. The molecule has 0 amide bonds. The van der Waals surface area contributed by atoms with Gasteiger partial charge in [-0.15, -0.1) is 6.58 Å². The molecule has 1 aromatic heterocycles. The van der Waals surface area contributed by atoms with Crippen LogP contribution in [-0.2, 0) is 0 Å². The second-order valence-electron chi connectivity index (χ2n) is 6.67. The first-order valence-electron chi connectivity index (χ1n) is 8.86. The number of benzene rings is 4. The molecule has 0 saturated heterocycles. The Balaban J connectivity index is 1.67. The Labute approximate surface area is 152 Å². The van der Waals surface area contributed by atoms with E-state index in [0.29, 0.717) is 0 Å². The van der Waals surface area contributed by atoms with Crippen molar-refractivity contribution in [2.75, 3.05) is 0 Å². The average molecular weight is 334 g/mol. The van der Waals surface area contributed by atoms with Gasteiger partial charge < -0.3 is 4.42 Å². The minimum Gasteiger partial charge on any atom is -0.456 e. The predicted molar refractivity (Wildman–Crippen MR) is 110 cm³/mol. The summed E-state index contributed by atoms with van der Waals surface area (Å²) in [4.78, 5) is 0. The quantitative estimate of drug-likeness (QED) is 0.322. The molecule has 5 rings (SSSR count). The Hall–Kier alpha value is -3.32. The van der Waals surface area contributed by atoms with Gasteiger partial charge >= 0.3 is 0 Å². The second kappa shape index (κ2) is 5.89. The van der Waals surface area contributed by atoms with Crippen molar-refractivity contribution in [2.24, 2.45) is 0 Å². The smallest absolute Gasteiger partial charge is 0.135 e. The monoisotopic (exact) mass is 334 g/mol. The third-order valence-corrected chi connectivity index (χ3v) is 5.13. The second-order valence-corrected chi connectivity index (χ2v) is 6.67. The summed E-state index contributed by atoms with van der Waals surface area (Å²) in [6, 6.07) is 29.8. The van der Waals surface area contributed by atoms with Gasteiger partial charge in [0.1, 0.15) is 11.2 Å². The summed E-state index contributed by atoms with van der Waals surface area (Å²) in [6.45, 7) is 4.10. The summed E-state index contributed by atoms with van der Waals surface area (Å²) in [6.07, 6.45) is 2.02. The molecule has 1 heteroatoms. The van der Waals surface area contributed by atoms with Crippen LogP contribution in [0.25, 0.3) is 32.7 Å². The van der Waals surface area contributed by atoms with Gasteiger partial charge in [0.15, 0.2) is 0 Å². The van der Waals surface area contributed by atoms with E-state index in [9.17, 15) is 0 Å². The molecule has 4 aromatic carbocycles. The zero-order valence-corrected chi connectivity index (χ0v) is 14.4. The standard InChI is InChI=1S/C25H18O/c1-2-21(19-12-11-17-7-3-4-8-18(17)15-19)20-13-14-25-23(16-20)22-9-5-6-10-24(22)26-25/h2-16,21H,1H2. The van der Waals surface area contributed by atoms with Gasteiger partial charge in [-0.1, -0.05) is 72.8 Å². The van der Waals surface area contributed by atoms with Crippen LogP contribution in [0.5, 0.6) is 0 Å². The fourth-order valence-electron chi connectivity index (χ4n) is 3.80. The van der Waals surface area contributed by atoms with Crippen LogP contribution in [0.4, 0.5) is 0 Å². The molecule has 0 spiro atoms. The van der Waals surface area contributed by atoms with Crippen molar-refractivity contribution in [2.45, 2.75) is 5.92 Å². The van der Waals surface area contributed by atoms with Gasteiger partial charge in [-0.25, -0.2) is 0 Å². The van der Waals surface area contributed by atoms with Gasteiger partial charge in [0, 0.05) is 16.7 Å². The molecular weight excluding hydrogens is 316 g/mol. The summed E-state index contributed by atoms with van der Waals surface area (Å²) in [5, 5.41) is 4.83. The first kappa shape index (κ1) is 15.0. The van der Waals surface area contributed by atoms with E-state index in [0.717, 1.165) is 21.9 Å². The molecule has 0 aliphatic rings. The Bertz CT molecular complexity index is 1260. The zero-order chi connectivity index (χ0) is 17.5. The fraction of sp³-hybridized carbons (Fsp3) is 0.0400. The SMILES string of the molecule is C=CC(c1ccc2ccccc2c1)c1ccc2oc3ccccc3c2c1. The van der Waals surface area contributed by atoms with Crippen LogP contribution < -0.4 is 0 Å². The van der Waals surface area contributed by atoms with Gasteiger partial charge in [-0.2, -0.15) is 0 Å². The van der Waals surface area contributed by atoms with Gasteiger partial charge in [0.2, 0.25) is 0 Å². The molecule has 0 fully saturated rings. The molecule has 26 heavy (non-hydrogen) atoms. The van der Waals surface area contributed by atoms with Gasteiger partial charge in [0.25, 0.3) is 0 Å². The molecule has 0 bridgehead atoms. The molecule has 0 aliphatic carbocycles. The third kappa shape index (κ3) is 2.33. The molecule has 0 radical (unpaired) electrons. The lowest BCUT2D eigenvalue weighted by molar-refractivity contribution is 0.668. The first-order valence-corrected chi connectivity index (χ1v) is 8.86. The average Bonchev–Trinajstić information content (AvgIpc) is 3.07. The maximum absolute atomic E-state index is 5.96. The Morgan fingerprint density at radius 2 is 1.35 bits per heavy atom. The molecule has 0 saturated carbocycles. The van der Waals surface area contributed by atoms with E-state index < -0.39 is 0 Å². The molecule has 1 nitrogen and oxygen atoms in total. The van der Waals surface area contributed by atoms with E-state index in [-0.39, 0.29) is 5.92 Å². The highest BCUT2D eigenvalue weighted by atomic mass is 16.3. The number of hydrogen-bond donors (Lipinski definition) is 0. The van der Waals surface area contributed by atoms with Crippen LogP contribution in [0.3, 0.4) is 0 Å². The van der Waals surface area contributed by atoms with Crippen molar-refractivity contribution in [3.05, 3.63) is 109 Å². The molecule has 0 N–H and O–H groups in total. The summed E-state index contributed by atoms with van der Waals surface area (Å²) in [5.74, 6) is 0.151. The van der Waals surface area contributed by atoms with Crippen LogP contribution in [-0.4, -0.2) is 0 Å². The minimum absolute atomic E-state index is 0.151. The van der Waals surface area contributed by atoms with E-state index in [1.165, 1.54) is 21.9 Å². The molecule has 124 valence electrons. The normalized spacial score (nSPS) is 12.6. The van der Waals surface area contributed by atoms with Gasteiger partial charge in [-0.3, -0.25) is 0 Å². The zero-order valence-electron chi connectivity index (χ0n) is 14.4. The van der Waals surface area contributed by atoms with Crippen molar-refractivity contribution in [1.82, 2.24) is 0 Å². The number of rotatable bonds is 3. The van der Waals surface area contributed by atoms with Crippen molar-refractivity contribution in [3.63, 3.8) is 0 Å². The highest BCUT2D eigenvalue weighted by Gasteiger charge is 2.14. The van der Waals surface area contributed by atoms with Crippen LogP contribution in [0, 0.1) is 0 Å². The van der Waals surface area contributed by atoms with Crippen molar-refractivity contribution < 1.29 is 4.42 Å². The molecule has 1 atom stereocenters.